The van der Waals surface area contributed by atoms with Gasteiger partial charge in [0.25, 0.3) is 0 Å². The Hall–Kier alpha value is -1.68. The van der Waals surface area contributed by atoms with E-state index in [2.05, 4.69) is 52.1 Å². The lowest BCUT2D eigenvalue weighted by Gasteiger charge is -2.25. The molecule has 2 aromatic rings. The molecule has 4 heteroatoms. The van der Waals surface area contributed by atoms with Crippen LogP contribution in [0.3, 0.4) is 0 Å². The molecule has 0 bridgehead atoms. The second-order valence-electron chi connectivity index (χ2n) is 6.12. The summed E-state index contributed by atoms with van der Waals surface area (Å²) >= 11 is 0. The number of nitrogens with one attached hydrogen (secondary N) is 1. The Bertz CT molecular complexity index is 654. The van der Waals surface area contributed by atoms with E-state index in [4.69, 9.17) is 0 Å². The summed E-state index contributed by atoms with van der Waals surface area (Å²) in [5.74, 6) is 2.94. The van der Waals surface area contributed by atoms with Crippen LogP contribution in [-0.2, 0) is 6.54 Å². The minimum atomic E-state index is 0.412. The smallest absolute Gasteiger partial charge is 0.164 e. The van der Waals surface area contributed by atoms with E-state index in [1.807, 2.05) is 0 Å². The van der Waals surface area contributed by atoms with Gasteiger partial charge in [-0.15, -0.1) is 10.2 Å². The van der Waals surface area contributed by atoms with Gasteiger partial charge in [0, 0.05) is 18.7 Å². The molecule has 0 radical (unpaired) electrons. The Labute approximate surface area is 119 Å². The van der Waals surface area contributed by atoms with Crippen molar-refractivity contribution in [3.8, 4) is 11.4 Å². The Balaban J connectivity index is 1.82. The normalized spacial score (nSPS) is 21.8. The molecule has 1 fully saturated rings. The van der Waals surface area contributed by atoms with Crippen LogP contribution in [0.4, 0.5) is 0 Å². The Morgan fingerprint density at radius 1 is 1.20 bits per heavy atom. The minimum absolute atomic E-state index is 0.412. The topological polar surface area (TPSA) is 42.7 Å². The van der Waals surface area contributed by atoms with Crippen LogP contribution in [0.25, 0.3) is 11.4 Å². The average molecular weight is 268 g/mol. The van der Waals surface area contributed by atoms with Crippen LogP contribution in [0, 0.1) is 19.8 Å². The third kappa shape index (κ3) is 1.86. The predicted molar refractivity (Wildman–Crippen MR) is 78.4 cm³/mol. The fourth-order valence-electron chi connectivity index (χ4n) is 3.17. The molecule has 1 aromatic heterocycles. The highest BCUT2D eigenvalue weighted by Crippen LogP contribution is 2.42. The van der Waals surface area contributed by atoms with Crippen LogP contribution < -0.4 is 5.32 Å². The molecule has 20 heavy (non-hydrogen) atoms. The lowest BCUT2D eigenvalue weighted by atomic mass is 10.0. The molecule has 1 aliphatic heterocycles. The van der Waals surface area contributed by atoms with Crippen molar-refractivity contribution in [3.63, 3.8) is 0 Å². The molecule has 2 aliphatic rings. The number of aryl methyl sites for hydroxylation is 2. The molecule has 1 aliphatic carbocycles. The fourth-order valence-corrected chi connectivity index (χ4v) is 3.17. The Morgan fingerprint density at radius 2 is 2.05 bits per heavy atom. The maximum absolute atomic E-state index is 4.50. The van der Waals surface area contributed by atoms with Gasteiger partial charge >= 0.3 is 0 Å². The molecule has 0 amide bonds. The Kier molecular flexibility index (Phi) is 2.67. The van der Waals surface area contributed by atoms with E-state index in [0.717, 1.165) is 30.7 Å². The highest BCUT2D eigenvalue weighted by Gasteiger charge is 2.37. The van der Waals surface area contributed by atoms with Gasteiger partial charge in [-0.05, 0) is 44.2 Å². The van der Waals surface area contributed by atoms with Crippen molar-refractivity contribution in [2.24, 2.45) is 5.92 Å². The van der Waals surface area contributed by atoms with Gasteiger partial charge in [-0.3, -0.25) is 0 Å². The molecule has 0 spiro atoms. The van der Waals surface area contributed by atoms with Crippen LogP contribution in [0.15, 0.2) is 18.2 Å². The number of nitrogens with zero attached hydrogens (tertiary/aromatic N) is 3. The van der Waals surface area contributed by atoms with Crippen LogP contribution >= 0.6 is 0 Å². The summed E-state index contributed by atoms with van der Waals surface area (Å²) < 4.78 is 2.32. The van der Waals surface area contributed by atoms with Crippen molar-refractivity contribution in [2.75, 3.05) is 6.54 Å². The van der Waals surface area contributed by atoms with Crippen molar-refractivity contribution in [1.82, 2.24) is 20.1 Å². The van der Waals surface area contributed by atoms with Crippen molar-refractivity contribution >= 4 is 0 Å². The maximum atomic E-state index is 4.50. The van der Waals surface area contributed by atoms with Crippen molar-refractivity contribution in [3.05, 3.63) is 35.2 Å². The summed E-state index contributed by atoms with van der Waals surface area (Å²) in [4.78, 5) is 0. The van der Waals surface area contributed by atoms with Crippen molar-refractivity contribution in [2.45, 2.75) is 39.3 Å². The minimum Gasteiger partial charge on any atom is -0.308 e. The zero-order valence-corrected chi connectivity index (χ0v) is 12.1. The molecular weight excluding hydrogens is 248 g/mol. The molecular formula is C16H20N4. The largest absolute Gasteiger partial charge is 0.308 e. The molecule has 1 saturated carbocycles. The van der Waals surface area contributed by atoms with E-state index in [9.17, 15) is 0 Å². The van der Waals surface area contributed by atoms with Gasteiger partial charge in [-0.1, -0.05) is 17.7 Å². The molecule has 4 nitrogen and oxygen atoms in total. The summed E-state index contributed by atoms with van der Waals surface area (Å²) in [5, 5.41) is 12.6. The standard InChI is InChI=1S/C16H20N4/c1-10-3-4-11(2)13(9-10)15-18-19-16-14(12-5-6-12)17-7-8-20(15)16/h3-4,9,12,14,17H,5-8H2,1-2H3. The Morgan fingerprint density at radius 3 is 2.85 bits per heavy atom. The highest BCUT2D eigenvalue weighted by atomic mass is 15.3. The molecule has 1 N–H and O–H groups in total. The molecule has 104 valence electrons. The third-order valence-corrected chi connectivity index (χ3v) is 4.48. The summed E-state index contributed by atoms with van der Waals surface area (Å²) in [7, 11) is 0. The van der Waals surface area contributed by atoms with E-state index in [-0.39, 0.29) is 0 Å². The molecule has 1 aromatic carbocycles. The van der Waals surface area contributed by atoms with Crippen LogP contribution in [0.2, 0.25) is 0 Å². The first-order valence-corrected chi connectivity index (χ1v) is 7.48. The average Bonchev–Trinajstić information content (AvgIpc) is 3.20. The molecule has 0 saturated heterocycles. The quantitative estimate of drug-likeness (QED) is 0.910. The fraction of sp³-hybridized carbons (Fsp3) is 0.500. The molecule has 1 unspecified atom stereocenters. The second kappa shape index (κ2) is 4.42. The number of hydrogen-bond donors (Lipinski definition) is 1. The third-order valence-electron chi connectivity index (χ3n) is 4.48. The van der Waals surface area contributed by atoms with E-state index in [1.165, 1.54) is 29.5 Å². The number of fused-ring (bicyclic) bond motifs is 1. The van der Waals surface area contributed by atoms with E-state index < -0.39 is 0 Å². The van der Waals surface area contributed by atoms with Gasteiger partial charge in [0.1, 0.15) is 0 Å². The first kappa shape index (κ1) is 12.1. The summed E-state index contributed by atoms with van der Waals surface area (Å²) in [5.41, 5.74) is 3.77. The van der Waals surface area contributed by atoms with Crippen LogP contribution in [0.1, 0.15) is 35.8 Å². The zero-order valence-electron chi connectivity index (χ0n) is 12.1. The van der Waals surface area contributed by atoms with Gasteiger partial charge < -0.3 is 9.88 Å². The van der Waals surface area contributed by atoms with Crippen molar-refractivity contribution in [1.29, 1.82) is 0 Å². The molecule has 4 rings (SSSR count). The SMILES string of the molecule is Cc1ccc(C)c(-c2nnc3n2CCNC3C2CC2)c1. The maximum Gasteiger partial charge on any atom is 0.164 e. The highest BCUT2D eigenvalue weighted by molar-refractivity contribution is 5.61. The predicted octanol–water partition coefficient (Wildman–Crippen LogP) is 2.62. The lowest BCUT2D eigenvalue weighted by Crippen LogP contribution is -2.35. The summed E-state index contributed by atoms with van der Waals surface area (Å²) in [6.45, 7) is 6.26. The van der Waals surface area contributed by atoms with E-state index in [1.54, 1.807) is 0 Å². The van der Waals surface area contributed by atoms with Gasteiger partial charge in [0.2, 0.25) is 0 Å². The van der Waals surface area contributed by atoms with Gasteiger partial charge in [-0.25, -0.2) is 0 Å². The van der Waals surface area contributed by atoms with Crippen molar-refractivity contribution < 1.29 is 0 Å². The molecule has 1 atom stereocenters. The number of rotatable bonds is 2. The molecule has 2 heterocycles. The monoisotopic (exact) mass is 268 g/mol. The zero-order chi connectivity index (χ0) is 13.7. The summed E-state index contributed by atoms with van der Waals surface area (Å²) in [6.07, 6.45) is 2.65. The summed E-state index contributed by atoms with van der Waals surface area (Å²) in [6, 6.07) is 6.96. The van der Waals surface area contributed by atoms with E-state index >= 15 is 0 Å². The first-order valence-electron chi connectivity index (χ1n) is 7.48. The van der Waals surface area contributed by atoms with Gasteiger partial charge in [-0.2, -0.15) is 0 Å². The van der Waals surface area contributed by atoms with Crippen LogP contribution in [0.5, 0.6) is 0 Å². The second-order valence-corrected chi connectivity index (χ2v) is 6.12. The first-order chi connectivity index (χ1) is 9.74. The number of benzene rings is 1. The number of hydrogen-bond acceptors (Lipinski definition) is 3. The van der Waals surface area contributed by atoms with Gasteiger partial charge in [0.15, 0.2) is 11.6 Å². The lowest BCUT2D eigenvalue weighted by molar-refractivity contribution is 0.383. The number of aromatic nitrogens is 3. The van der Waals surface area contributed by atoms with Crippen LogP contribution in [-0.4, -0.2) is 21.3 Å². The van der Waals surface area contributed by atoms with Gasteiger partial charge in [0.05, 0.1) is 6.04 Å². The van der Waals surface area contributed by atoms with E-state index in [0.29, 0.717) is 6.04 Å².